The Hall–Kier alpha value is -0.860. The van der Waals surface area contributed by atoms with Crippen molar-refractivity contribution in [3.63, 3.8) is 0 Å². The summed E-state index contributed by atoms with van der Waals surface area (Å²) in [6.07, 6.45) is 1.46. The van der Waals surface area contributed by atoms with E-state index >= 15 is 0 Å². The number of benzene rings is 1. The van der Waals surface area contributed by atoms with E-state index in [-0.39, 0.29) is 0 Å². The monoisotopic (exact) mass is 189 g/mol. The zero-order valence-corrected chi connectivity index (χ0v) is 8.42. The van der Waals surface area contributed by atoms with Crippen LogP contribution in [-0.2, 0) is 11.2 Å². The molecule has 2 nitrogen and oxygen atoms in total. The van der Waals surface area contributed by atoms with Crippen LogP contribution < -0.4 is 5.32 Å². The minimum Gasteiger partial charge on any atom is -0.375 e. The highest BCUT2D eigenvalue weighted by molar-refractivity contribution is 5.42. The molecule has 3 rings (SSSR count). The molecule has 2 aliphatic rings. The second-order valence-corrected chi connectivity index (χ2v) is 4.19. The van der Waals surface area contributed by atoms with Crippen LogP contribution in [0.15, 0.2) is 18.2 Å². The van der Waals surface area contributed by atoms with E-state index in [0.717, 1.165) is 19.6 Å². The van der Waals surface area contributed by atoms with Crippen molar-refractivity contribution in [3.05, 3.63) is 34.9 Å². The molecular formula is C12H15NO. The van der Waals surface area contributed by atoms with Gasteiger partial charge in [0.05, 0.1) is 18.8 Å². The normalized spacial score (nSPS) is 29.8. The molecule has 1 aliphatic carbocycles. The molecule has 1 aromatic rings. The Morgan fingerprint density at radius 3 is 3.29 bits per heavy atom. The molecule has 1 heterocycles. The highest BCUT2D eigenvalue weighted by Gasteiger charge is 2.35. The molecular weight excluding hydrogens is 174 g/mol. The summed E-state index contributed by atoms with van der Waals surface area (Å²) in [5, 5.41) is 3.54. The first-order valence-corrected chi connectivity index (χ1v) is 5.29. The van der Waals surface area contributed by atoms with Crippen LogP contribution in [0.4, 0.5) is 0 Å². The minimum absolute atomic E-state index is 0.375. The SMILES string of the molecule is Cc1cccc2c1CC1OCCNC21. The number of nitrogens with one attached hydrogen (secondary N) is 1. The van der Waals surface area contributed by atoms with Crippen molar-refractivity contribution < 1.29 is 4.74 Å². The van der Waals surface area contributed by atoms with Gasteiger partial charge in [-0.25, -0.2) is 0 Å². The molecule has 2 unspecified atom stereocenters. The predicted octanol–water partition coefficient (Wildman–Crippen LogP) is 1.58. The maximum Gasteiger partial charge on any atom is 0.0810 e. The van der Waals surface area contributed by atoms with Crippen LogP contribution in [0.25, 0.3) is 0 Å². The lowest BCUT2D eigenvalue weighted by Crippen LogP contribution is -2.39. The molecule has 0 aromatic heterocycles. The molecule has 74 valence electrons. The maximum absolute atomic E-state index is 5.78. The quantitative estimate of drug-likeness (QED) is 0.669. The number of aryl methyl sites for hydroxylation is 1. The van der Waals surface area contributed by atoms with E-state index in [1.807, 2.05) is 0 Å². The van der Waals surface area contributed by atoms with E-state index in [2.05, 4.69) is 30.4 Å². The molecule has 1 aromatic carbocycles. The van der Waals surface area contributed by atoms with Crippen molar-refractivity contribution in [2.24, 2.45) is 0 Å². The predicted molar refractivity (Wildman–Crippen MR) is 55.4 cm³/mol. The van der Waals surface area contributed by atoms with Gasteiger partial charge in [0, 0.05) is 13.0 Å². The van der Waals surface area contributed by atoms with Crippen molar-refractivity contribution in [3.8, 4) is 0 Å². The van der Waals surface area contributed by atoms with Crippen LogP contribution in [0.2, 0.25) is 0 Å². The van der Waals surface area contributed by atoms with Gasteiger partial charge in [0.2, 0.25) is 0 Å². The lowest BCUT2D eigenvalue weighted by atomic mass is 10.0. The van der Waals surface area contributed by atoms with E-state index in [4.69, 9.17) is 4.74 Å². The molecule has 1 aliphatic heterocycles. The van der Waals surface area contributed by atoms with E-state index in [1.165, 1.54) is 16.7 Å². The first kappa shape index (κ1) is 8.45. The van der Waals surface area contributed by atoms with Gasteiger partial charge in [-0.15, -0.1) is 0 Å². The molecule has 1 N–H and O–H groups in total. The van der Waals surface area contributed by atoms with Gasteiger partial charge in [0.25, 0.3) is 0 Å². The molecule has 0 saturated carbocycles. The van der Waals surface area contributed by atoms with Crippen molar-refractivity contribution in [1.82, 2.24) is 5.32 Å². The molecule has 2 heteroatoms. The Bertz CT molecular complexity index is 361. The molecule has 1 saturated heterocycles. The first-order valence-electron chi connectivity index (χ1n) is 5.29. The van der Waals surface area contributed by atoms with Crippen molar-refractivity contribution in [2.45, 2.75) is 25.5 Å². The summed E-state index contributed by atoms with van der Waals surface area (Å²) in [6.45, 7) is 4.03. The summed E-state index contributed by atoms with van der Waals surface area (Å²) in [4.78, 5) is 0. The highest BCUT2D eigenvalue weighted by atomic mass is 16.5. The lowest BCUT2D eigenvalue weighted by molar-refractivity contribution is 0.00501. The fourth-order valence-electron chi connectivity index (χ4n) is 2.64. The molecule has 0 spiro atoms. The Kier molecular flexibility index (Phi) is 1.85. The van der Waals surface area contributed by atoms with Crippen LogP contribution in [0.5, 0.6) is 0 Å². The standard InChI is InChI=1S/C12H15NO/c1-8-3-2-4-9-10(8)7-11-12(9)13-5-6-14-11/h2-4,11-13H,5-7H2,1H3. The van der Waals surface area contributed by atoms with Gasteiger partial charge in [-0.2, -0.15) is 0 Å². The van der Waals surface area contributed by atoms with Gasteiger partial charge in [0.1, 0.15) is 0 Å². The lowest BCUT2D eigenvalue weighted by Gasteiger charge is -2.27. The summed E-state index contributed by atoms with van der Waals surface area (Å²) >= 11 is 0. The third-order valence-corrected chi connectivity index (χ3v) is 3.36. The molecule has 14 heavy (non-hydrogen) atoms. The largest absolute Gasteiger partial charge is 0.375 e. The van der Waals surface area contributed by atoms with Crippen LogP contribution >= 0.6 is 0 Å². The fourth-order valence-corrected chi connectivity index (χ4v) is 2.64. The summed E-state index contributed by atoms with van der Waals surface area (Å²) in [5.74, 6) is 0. The van der Waals surface area contributed by atoms with Gasteiger partial charge in [0.15, 0.2) is 0 Å². The maximum atomic E-state index is 5.78. The smallest absolute Gasteiger partial charge is 0.0810 e. The Labute approximate surface area is 84.3 Å². The second kappa shape index (κ2) is 3.07. The van der Waals surface area contributed by atoms with Gasteiger partial charge < -0.3 is 10.1 Å². The zero-order valence-electron chi connectivity index (χ0n) is 8.42. The summed E-state index contributed by atoms with van der Waals surface area (Å²) in [7, 11) is 0. The van der Waals surface area contributed by atoms with Crippen molar-refractivity contribution >= 4 is 0 Å². The number of rotatable bonds is 0. The average molecular weight is 189 g/mol. The van der Waals surface area contributed by atoms with Crippen LogP contribution in [-0.4, -0.2) is 19.3 Å². The summed E-state index contributed by atoms with van der Waals surface area (Å²) in [5.41, 5.74) is 4.36. The Balaban J connectivity index is 2.05. The van der Waals surface area contributed by atoms with Gasteiger partial charge in [-0.1, -0.05) is 18.2 Å². The Morgan fingerprint density at radius 1 is 1.43 bits per heavy atom. The number of fused-ring (bicyclic) bond motifs is 3. The third-order valence-electron chi connectivity index (χ3n) is 3.36. The van der Waals surface area contributed by atoms with E-state index < -0.39 is 0 Å². The van der Waals surface area contributed by atoms with Crippen molar-refractivity contribution in [2.75, 3.05) is 13.2 Å². The summed E-state index contributed by atoms with van der Waals surface area (Å²) < 4.78 is 5.78. The Morgan fingerprint density at radius 2 is 2.36 bits per heavy atom. The van der Waals surface area contributed by atoms with Crippen molar-refractivity contribution in [1.29, 1.82) is 0 Å². The zero-order chi connectivity index (χ0) is 9.54. The van der Waals surface area contributed by atoms with E-state index in [0.29, 0.717) is 12.1 Å². The topological polar surface area (TPSA) is 21.3 Å². The summed E-state index contributed by atoms with van der Waals surface area (Å²) in [6, 6.07) is 7.01. The van der Waals surface area contributed by atoms with Crippen LogP contribution in [0, 0.1) is 6.92 Å². The van der Waals surface area contributed by atoms with Crippen LogP contribution in [0.3, 0.4) is 0 Å². The molecule has 0 amide bonds. The van der Waals surface area contributed by atoms with Crippen LogP contribution in [0.1, 0.15) is 22.7 Å². The molecule has 0 radical (unpaired) electrons. The van der Waals surface area contributed by atoms with Gasteiger partial charge in [-0.05, 0) is 23.6 Å². The molecule has 1 fully saturated rings. The number of ether oxygens (including phenoxy) is 1. The van der Waals surface area contributed by atoms with E-state index in [9.17, 15) is 0 Å². The van der Waals surface area contributed by atoms with Gasteiger partial charge >= 0.3 is 0 Å². The fraction of sp³-hybridized carbons (Fsp3) is 0.500. The molecule has 2 atom stereocenters. The molecule has 0 bridgehead atoms. The highest BCUT2D eigenvalue weighted by Crippen LogP contribution is 2.36. The average Bonchev–Trinajstić information content (AvgIpc) is 2.59. The van der Waals surface area contributed by atoms with E-state index in [1.54, 1.807) is 0 Å². The van der Waals surface area contributed by atoms with Gasteiger partial charge in [-0.3, -0.25) is 0 Å². The minimum atomic E-state index is 0.375. The second-order valence-electron chi connectivity index (χ2n) is 4.19. The number of hydrogen-bond donors (Lipinski definition) is 1. The third kappa shape index (κ3) is 1.11. The number of hydrogen-bond acceptors (Lipinski definition) is 2. The number of morpholine rings is 1. The first-order chi connectivity index (χ1) is 6.86.